The summed E-state index contributed by atoms with van der Waals surface area (Å²) in [6.45, 7) is 4.53. The number of benzene rings is 2. The molecule has 2 amide bonds. The Hall–Kier alpha value is -2.84. The zero-order valence-corrected chi connectivity index (χ0v) is 18.3. The Morgan fingerprint density at radius 3 is 2.20 bits per heavy atom. The van der Waals surface area contributed by atoms with Crippen molar-refractivity contribution in [3.05, 3.63) is 64.9 Å². The largest absolute Gasteiger partial charge is 0.326 e. The second-order valence-corrected chi connectivity index (χ2v) is 7.96. The molecule has 2 aromatic carbocycles. The van der Waals surface area contributed by atoms with Crippen LogP contribution >= 0.6 is 23.4 Å². The van der Waals surface area contributed by atoms with Crippen molar-refractivity contribution in [3.8, 4) is 0 Å². The van der Waals surface area contributed by atoms with Crippen LogP contribution in [0.1, 0.15) is 18.3 Å². The van der Waals surface area contributed by atoms with E-state index in [4.69, 9.17) is 11.6 Å². The number of carbonyl (C=O) groups is 2. The molecule has 0 atom stereocenters. The topological polar surface area (TPSA) is 88.9 Å². The van der Waals surface area contributed by atoms with Gasteiger partial charge in [-0.25, -0.2) is 0 Å². The molecule has 156 valence electrons. The molecular weight excluding hydrogens is 422 g/mol. The van der Waals surface area contributed by atoms with Crippen LogP contribution in [0.2, 0.25) is 5.02 Å². The van der Waals surface area contributed by atoms with Gasteiger partial charge in [0.2, 0.25) is 11.8 Å². The van der Waals surface area contributed by atoms with Crippen LogP contribution in [0.25, 0.3) is 0 Å². The summed E-state index contributed by atoms with van der Waals surface area (Å²) in [6, 6.07) is 14.5. The van der Waals surface area contributed by atoms with E-state index in [9.17, 15) is 9.59 Å². The number of aryl methyl sites for hydroxylation is 1. The Morgan fingerprint density at radius 1 is 0.967 bits per heavy atom. The first-order chi connectivity index (χ1) is 14.4. The lowest BCUT2D eigenvalue weighted by Gasteiger charge is -2.08. The van der Waals surface area contributed by atoms with Gasteiger partial charge in [-0.15, -0.1) is 10.2 Å². The predicted molar refractivity (Wildman–Crippen MR) is 120 cm³/mol. The second-order valence-electron chi connectivity index (χ2n) is 6.58. The molecule has 0 unspecified atom stereocenters. The number of halogens is 1. The van der Waals surface area contributed by atoms with Crippen molar-refractivity contribution < 1.29 is 9.59 Å². The lowest BCUT2D eigenvalue weighted by atomic mass is 10.2. The maximum Gasteiger partial charge on any atom is 0.234 e. The molecule has 2 N–H and O–H groups in total. The first kappa shape index (κ1) is 21.9. The van der Waals surface area contributed by atoms with Crippen LogP contribution in [-0.2, 0) is 22.6 Å². The number of hydrogen-bond donors (Lipinski definition) is 2. The molecule has 7 nitrogen and oxygen atoms in total. The fourth-order valence-corrected chi connectivity index (χ4v) is 3.67. The molecule has 0 bridgehead atoms. The van der Waals surface area contributed by atoms with Gasteiger partial charge in [0, 0.05) is 22.9 Å². The maximum absolute atomic E-state index is 12.3. The van der Waals surface area contributed by atoms with E-state index in [1.165, 1.54) is 11.8 Å². The maximum atomic E-state index is 12.3. The summed E-state index contributed by atoms with van der Waals surface area (Å²) in [5, 5.41) is 15.2. The molecular formula is C21H22ClN5O2S. The summed E-state index contributed by atoms with van der Waals surface area (Å²) in [6.07, 6.45) is 0.0829. The number of aromatic nitrogens is 3. The Labute approximate surface area is 184 Å². The molecule has 0 aliphatic heterocycles. The molecule has 0 aliphatic carbocycles. The molecule has 0 saturated carbocycles. The van der Waals surface area contributed by atoms with E-state index in [1.807, 2.05) is 42.7 Å². The third kappa shape index (κ3) is 6.08. The van der Waals surface area contributed by atoms with Crippen molar-refractivity contribution in [2.45, 2.75) is 32.0 Å². The van der Waals surface area contributed by atoms with Crippen LogP contribution in [-0.4, -0.2) is 32.3 Å². The fourth-order valence-electron chi connectivity index (χ4n) is 2.72. The molecule has 0 aliphatic rings. The lowest BCUT2D eigenvalue weighted by molar-refractivity contribution is -0.116. The summed E-state index contributed by atoms with van der Waals surface area (Å²) >= 11 is 7.15. The van der Waals surface area contributed by atoms with E-state index >= 15 is 0 Å². The number of anilines is 2. The summed E-state index contributed by atoms with van der Waals surface area (Å²) in [4.78, 5) is 24.6. The van der Waals surface area contributed by atoms with Crippen LogP contribution < -0.4 is 10.6 Å². The Balaban J connectivity index is 1.56. The Morgan fingerprint density at radius 2 is 1.57 bits per heavy atom. The normalized spacial score (nSPS) is 10.6. The lowest BCUT2D eigenvalue weighted by Crippen LogP contribution is -2.18. The van der Waals surface area contributed by atoms with E-state index in [1.54, 1.807) is 24.3 Å². The molecule has 3 aromatic rings. The fraction of sp³-hybridized carbons (Fsp3) is 0.238. The predicted octanol–water partition coefficient (Wildman–Crippen LogP) is 4.17. The third-order valence-electron chi connectivity index (χ3n) is 4.22. The van der Waals surface area contributed by atoms with Crippen molar-refractivity contribution >= 4 is 46.6 Å². The summed E-state index contributed by atoms with van der Waals surface area (Å²) in [5.41, 5.74) is 2.54. The number of carbonyl (C=O) groups excluding carboxylic acids is 2. The van der Waals surface area contributed by atoms with Gasteiger partial charge in [-0.1, -0.05) is 41.1 Å². The average molecular weight is 444 g/mol. The van der Waals surface area contributed by atoms with Gasteiger partial charge in [0.05, 0.1) is 12.2 Å². The molecule has 0 radical (unpaired) electrons. The van der Waals surface area contributed by atoms with E-state index < -0.39 is 0 Å². The van der Waals surface area contributed by atoms with Crippen molar-refractivity contribution in [1.82, 2.24) is 14.8 Å². The molecule has 30 heavy (non-hydrogen) atoms. The van der Waals surface area contributed by atoms with Crippen LogP contribution in [0.5, 0.6) is 0 Å². The number of amides is 2. The first-order valence-corrected chi connectivity index (χ1v) is 10.8. The van der Waals surface area contributed by atoms with Crippen molar-refractivity contribution in [2.75, 3.05) is 16.4 Å². The van der Waals surface area contributed by atoms with Gasteiger partial charge in [0.25, 0.3) is 0 Å². The minimum absolute atomic E-state index is 0.0829. The highest BCUT2D eigenvalue weighted by Crippen LogP contribution is 2.19. The van der Waals surface area contributed by atoms with Gasteiger partial charge in [-0.05, 0) is 50.2 Å². The highest BCUT2D eigenvalue weighted by Gasteiger charge is 2.16. The first-order valence-electron chi connectivity index (χ1n) is 9.41. The third-order valence-corrected chi connectivity index (χ3v) is 5.44. The Bertz CT molecular complexity index is 1020. The number of nitrogens with zero attached hydrogens (tertiary/aromatic N) is 3. The summed E-state index contributed by atoms with van der Waals surface area (Å²) in [7, 11) is 0. The van der Waals surface area contributed by atoms with Gasteiger partial charge in [0.15, 0.2) is 5.16 Å². The Kier molecular flexibility index (Phi) is 7.48. The molecule has 9 heteroatoms. The number of nitrogens with one attached hydrogen (secondary N) is 2. The quantitative estimate of drug-likeness (QED) is 0.510. The molecule has 1 heterocycles. The number of rotatable bonds is 8. The van der Waals surface area contributed by atoms with E-state index in [2.05, 4.69) is 20.8 Å². The summed E-state index contributed by atoms with van der Waals surface area (Å²) < 4.78 is 1.84. The number of thioether (sulfide) groups is 1. The van der Waals surface area contributed by atoms with Crippen molar-refractivity contribution in [1.29, 1.82) is 0 Å². The molecule has 0 spiro atoms. The van der Waals surface area contributed by atoms with E-state index in [0.717, 1.165) is 11.3 Å². The molecule has 3 rings (SSSR count). The average Bonchev–Trinajstić information content (AvgIpc) is 3.11. The summed E-state index contributed by atoms with van der Waals surface area (Å²) in [5.74, 6) is 0.415. The van der Waals surface area contributed by atoms with Crippen molar-refractivity contribution in [2.24, 2.45) is 0 Å². The molecule has 0 fully saturated rings. The van der Waals surface area contributed by atoms with Gasteiger partial charge >= 0.3 is 0 Å². The number of hydrogen-bond acceptors (Lipinski definition) is 5. The standard InChI is InChI=1S/C21H22ClN5O2S/c1-3-27-18(12-19(28)23-17-10-6-15(22)7-11-17)25-26-21(27)30-13-20(29)24-16-8-4-14(2)5-9-16/h4-11H,3,12-13H2,1-2H3,(H,23,28)(H,24,29). The monoisotopic (exact) mass is 443 g/mol. The van der Waals surface area contributed by atoms with Gasteiger partial charge in [0.1, 0.15) is 5.82 Å². The van der Waals surface area contributed by atoms with Crippen LogP contribution in [0, 0.1) is 6.92 Å². The highest BCUT2D eigenvalue weighted by molar-refractivity contribution is 7.99. The smallest absolute Gasteiger partial charge is 0.234 e. The zero-order valence-electron chi connectivity index (χ0n) is 16.7. The minimum atomic E-state index is -0.201. The van der Waals surface area contributed by atoms with Gasteiger partial charge in [-0.2, -0.15) is 0 Å². The minimum Gasteiger partial charge on any atom is -0.326 e. The highest BCUT2D eigenvalue weighted by atomic mass is 35.5. The molecule has 0 saturated heterocycles. The molecule has 1 aromatic heterocycles. The SMILES string of the molecule is CCn1c(CC(=O)Nc2ccc(Cl)cc2)nnc1SCC(=O)Nc1ccc(C)cc1. The van der Waals surface area contributed by atoms with E-state index in [-0.39, 0.29) is 24.0 Å². The van der Waals surface area contributed by atoms with Crippen LogP contribution in [0.4, 0.5) is 11.4 Å². The van der Waals surface area contributed by atoms with Gasteiger partial charge < -0.3 is 15.2 Å². The van der Waals surface area contributed by atoms with Crippen LogP contribution in [0.3, 0.4) is 0 Å². The van der Waals surface area contributed by atoms with E-state index in [0.29, 0.717) is 28.2 Å². The van der Waals surface area contributed by atoms with Gasteiger partial charge in [-0.3, -0.25) is 9.59 Å². The second kappa shape index (κ2) is 10.3. The van der Waals surface area contributed by atoms with Crippen molar-refractivity contribution in [3.63, 3.8) is 0 Å². The van der Waals surface area contributed by atoms with Crippen LogP contribution in [0.15, 0.2) is 53.7 Å². The zero-order chi connectivity index (χ0) is 21.5.